The van der Waals surface area contributed by atoms with E-state index in [1.54, 1.807) is 6.07 Å². The van der Waals surface area contributed by atoms with Gasteiger partial charge < -0.3 is 10.1 Å². The molecule has 0 spiro atoms. The monoisotopic (exact) mass is 390 g/mol. The Balaban J connectivity index is 0.00000225. The Labute approximate surface area is 161 Å². The second-order valence-corrected chi connectivity index (χ2v) is 7.28. The number of hydrogen-bond acceptors (Lipinski definition) is 3. The van der Waals surface area contributed by atoms with Crippen LogP contribution < -0.4 is 10.1 Å². The molecule has 142 valence electrons. The van der Waals surface area contributed by atoms with Crippen LogP contribution in [-0.4, -0.2) is 37.7 Å². The zero-order chi connectivity index (χ0) is 16.9. The summed E-state index contributed by atoms with van der Waals surface area (Å²) in [5.74, 6) is 0.436. The number of hydrogen-bond donors (Lipinski definition) is 1. The second-order valence-electron chi connectivity index (χ2n) is 6.88. The molecule has 1 atom stereocenters. The summed E-state index contributed by atoms with van der Waals surface area (Å²) in [5, 5.41) is 3.80. The summed E-state index contributed by atoms with van der Waals surface area (Å²) in [6.45, 7) is 6.27. The van der Waals surface area contributed by atoms with Gasteiger partial charge in [-0.2, -0.15) is 0 Å². The molecule has 0 unspecified atom stereocenters. The molecule has 1 heterocycles. The van der Waals surface area contributed by atoms with Gasteiger partial charge in [0.2, 0.25) is 0 Å². The summed E-state index contributed by atoms with van der Waals surface area (Å²) in [6, 6.07) is 3.84. The van der Waals surface area contributed by atoms with Gasteiger partial charge in [-0.05, 0) is 43.4 Å². The lowest BCUT2D eigenvalue weighted by Gasteiger charge is -2.41. The van der Waals surface area contributed by atoms with Gasteiger partial charge in [-0.1, -0.05) is 30.9 Å². The van der Waals surface area contributed by atoms with E-state index in [2.05, 4.69) is 10.2 Å². The van der Waals surface area contributed by atoms with Crippen LogP contribution in [0.5, 0.6) is 5.75 Å². The first-order chi connectivity index (χ1) is 11.7. The third-order valence-corrected chi connectivity index (χ3v) is 5.57. The lowest BCUT2D eigenvalue weighted by atomic mass is 9.80. The Morgan fingerprint density at radius 2 is 1.92 bits per heavy atom. The zero-order valence-corrected chi connectivity index (χ0v) is 16.5. The fourth-order valence-corrected chi connectivity index (χ4v) is 4.49. The van der Waals surface area contributed by atoms with Crippen LogP contribution in [0.4, 0.5) is 4.39 Å². The van der Waals surface area contributed by atoms with Crippen molar-refractivity contribution in [1.29, 1.82) is 0 Å². The van der Waals surface area contributed by atoms with Crippen LogP contribution in [0.2, 0.25) is 5.02 Å². The zero-order valence-electron chi connectivity index (χ0n) is 14.9. The molecule has 1 aliphatic carbocycles. The minimum absolute atomic E-state index is 0. The van der Waals surface area contributed by atoms with Crippen LogP contribution in [0.15, 0.2) is 12.1 Å². The molecule has 2 aliphatic rings. The summed E-state index contributed by atoms with van der Waals surface area (Å²) in [4.78, 5) is 2.51. The van der Waals surface area contributed by atoms with E-state index in [9.17, 15) is 4.39 Å². The predicted molar refractivity (Wildman–Crippen MR) is 104 cm³/mol. The maximum Gasteiger partial charge on any atom is 0.173 e. The Morgan fingerprint density at radius 3 is 2.52 bits per heavy atom. The summed E-state index contributed by atoms with van der Waals surface area (Å²) >= 11 is 6.34. The number of nitrogens with one attached hydrogen (secondary N) is 1. The SMILES string of the molecule is CCOc1c(F)cc([C@@H](C2CCCCC2)N2CCNCC2)cc1Cl.Cl. The van der Waals surface area contributed by atoms with Crippen molar-refractivity contribution < 1.29 is 9.13 Å². The highest BCUT2D eigenvalue weighted by atomic mass is 35.5. The maximum absolute atomic E-state index is 14.6. The van der Waals surface area contributed by atoms with E-state index in [1.165, 1.54) is 32.1 Å². The van der Waals surface area contributed by atoms with E-state index >= 15 is 0 Å². The van der Waals surface area contributed by atoms with Crippen LogP contribution in [0, 0.1) is 11.7 Å². The fraction of sp³-hybridized carbons (Fsp3) is 0.684. The molecule has 25 heavy (non-hydrogen) atoms. The number of piperazine rings is 1. The highest BCUT2D eigenvalue weighted by Gasteiger charge is 2.32. The van der Waals surface area contributed by atoms with Gasteiger partial charge in [0, 0.05) is 32.2 Å². The molecule has 1 aromatic rings. The van der Waals surface area contributed by atoms with Gasteiger partial charge in [-0.15, -0.1) is 12.4 Å². The topological polar surface area (TPSA) is 24.5 Å². The quantitative estimate of drug-likeness (QED) is 0.779. The predicted octanol–water partition coefficient (Wildman–Crippen LogP) is 4.83. The molecule has 1 aliphatic heterocycles. The van der Waals surface area contributed by atoms with Crippen LogP contribution >= 0.6 is 24.0 Å². The van der Waals surface area contributed by atoms with Crippen LogP contribution in [-0.2, 0) is 0 Å². The molecule has 3 rings (SSSR count). The van der Waals surface area contributed by atoms with E-state index in [4.69, 9.17) is 16.3 Å². The highest BCUT2D eigenvalue weighted by Crippen LogP contribution is 2.41. The molecule has 1 saturated carbocycles. The van der Waals surface area contributed by atoms with E-state index in [0.717, 1.165) is 31.7 Å². The van der Waals surface area contributed by atoms with Crippen molar-refractivity contribution in [2.24, 2.45) is 5.92 Å². The lowest BCUT2D eigenvalue weighted by Crippen LogP contribution is -2.47. The first-order valence-electron chi connectivity index (χ1n) is 9.27. The molecule has 1 aromatic carbocycles. The number of rotatable bonds is 5. The van der Waals surface area contributed by atoms with Crippen LogP contribution in [0.3, 0.4) is 0 Å². The Bertz CT molecular complexity index is 505. The van der Waals surface area contributed by atoms with Gasteiger partial charge in [0.1, 0.15) is 0 Å². The summed E-state index contributed by atoms with van der Waals surface area (Å²) < 4.78 is 19.9. The van der Waals surface area contributed by atoms with Gasteiger partial charge in [0.25, 0.3) is 0 Å². The maximum atomic E-state index is 14.6. The van der Waals surface area contributed by atoms with Crippen molar-refractivity contribution in [1.82, 2.24) is 10.2 Å². The smallest absolute Gasteiger partial charge is 0.173 e. The van der Waals surface area contributed by atoms with Gasteiger partial charge in [-0.3, -0.25) is 4.90 Å². The standard InChI is InChI=1S/C19H28ClFN2O.ClH/c1-2-24-19-16(20)12-15(13-17(19)21)18(14-6-4-3-5-7-14)23-10-8-22-9-11-23;/h12-14,18,22H,2-11H2,1H3;1H/t18-;/m1./s1. The average Bonchev–Trinajstić information content (AvgIpc) is 2.60. The Hall–Kier alpha value is -0.550. The minimum Gasteiger partial charge on any atom is -0.489 e. The Kier molecular flexibility index (Phi) is 8.27. The van der Waals surface area contributed by atoms with E-state index in [-0.39, 0.29) is 30.0 Å². The average molecular weight is 391 g/mol. The summed E-state index contributed by atoms with van der Waals surface area (Å²) in [6.07, 6.45) is 6.33. The van der Waals surface area contributed by atoms with Gasteiger partial charge in [0.05, 0.1) is 11.6 Å². The first-order valence-corrected chi connectivity index (χ1v) is 9.65. The third kappa shape index (κ3) is 5.00. The lowest BCUT2D eigenvalue weighted by molar-refractivity contribution is 0.103. The molecule has 1 N–H and O–H groups in total. The first kappa shape index (κ1) is 20.8. The Morgan fingerprint density at radius 1 is 1.24 bits per heavy atom. The molecule has 0 bridgehead atoms. The molecule has 0 amide bonds. The van der Waals surface area contributed by atoms with Crippen molar-refractivity contribution in [2.75, 3.05) is 32.8 Å². The number of ether oxygens (including phenoxy) is 1. The van der Waals surface area contributed by atoms with Crippen molar-refractivity contribution >= 4 is 24.0 Å². The summed E-state index contributed by atoms with van der Waals surface area (Å²) in [5.41, 5.74) is 1.01. The molecule has 2 fully saturated rings. The fourth-order valence-electron chi connectivity index (χ4n) is 4.22. The number of nitrogens with zero attached hydrogens (tertiary/aromatic N) is 1. The molecule has 3 nitrogen and oxygen atoms in total. The molecule has 0 radical (unpaired) electrons. The third-order valence-electron chi connectivity index (χ3n) is 5.29. The number of benzene rings is 1. The molecule has 1 saturated heterocycles. The van der Waals surface area contributed by atoms with Crippen molar-refractivity contribution in [3.8, 4) is 5.75 Å². The van der Waals surface area contributed by atoms with E-state index in [0.29, 0.717) is 17.5 Å². The van der Waals surface area contributed by atoms with Crippen molar-refractivity contribution in [2.45, 2.75) is 45.1 Å². The van der Waals surface area contributed by atoms with Gasteiger partial charge in [-0.25, -0.2) is 4.39 Å². The van der Waals surface area contributed by atoms with E-state index < -0.39 is 0 Å². The summed E-state index contributed by atoms with van der Waals surface area (Å²) in [7, 11) is 0. The second kappa shape index (κ2) is 9.96. The van der Waals surface area contributed by atoms with Crippen molar-refractivity contribution in [3.63, 3.8) is 0 Å². The van der Waals surface area contributed by atoms with E-state index in [1.807, 2.05) is 13.0 Å². The van der Waals surface area contributed by atoms with Crippen LogP contribution in [0.1, 0.15) is 50.6 Å². The molecule has 6 heteroatoms. The molecular formula is C19H29Cl2FN2O. The highest BCUT2D eigenvalue weighted by molar-refractivity contribution is 6.32. The molecular weight excluding hydrogens is 362 g/mol. The van der Waals surface area contributed by atoms with Gasteiger partial charge >= 0.3 is 0 Å². The minimum atomic E-state index is -0.338. The van der Waals surface area contributed by atoms with Crippen molar-refractivity contribution in [3.05, 3.63) is 28.5 Å². The molecule has 0 aromatic heterocycles. The van der Waals surface area contributed by atoms with Crippen LogP contribution in [0.25, 0.3) is 0 Å². The largest absolute Gasteiger partial charge is 0.489 e. The number of halogens is 3. The normalized spacial score (nSPS) is 20.8. The van der Waals surface area contributed by atoms with Gasteiger partial charge in [0.15, 0.2) is 11.6 Å².